The van der Waals surface area contributed by atoms with Gasteiger partial charge in [0.2, 0.25) is 0 Å². The largest absolute Gasteiger partial charge is 0.387 e. The molecule has 0 saturated carbocycles. The Kier molecular flexibility index (Phi) is 3.45. The van der Waals surface area contributed by atoms with Gasteiger partial charge in [-0.1, -0.05) is 25.1 Å². The Morgan fingerprint density at radius 2 is 2.10 bits per heavy atom. The second-order valence-corrected chi connectivity index (χ2v) is 5.42. The molecule has 1 aliphatic heterocycles. The quantitative estimate of drug-likeness (QED) is 0.924. The zero-order valence-electron chi connectivity index (χ0n) is 12.0. The number of rotatable bonds is 3. The van der Waals surface area contributed by atoms with Gasteiger partial charge in [0.05, 0.1) is 23.7 Å². The van der Waals surface area contributed by atoms with Gasteiger partial charge in [-0.05, 0) is 43.5 Å². The van der Waals surface area contributed by atoms with Gasteiger partial charge in [-0.2, -0.15) is 0 Å². The van der Waals surface area contributed by atoms with Gasteiger partial charge in [0.15, 0.2) is 0 Å². The van der Waals surface area contributed by atoms with Crippen LogP contribution in [0.15, 0.2) is 42.6 Å². The first kappa shape index (κ1) is 13.1. The van der Waals surface area contributed by atoms with E-state index in [0.717, 1.165) is 17.8 Å². The molecule has 1 aromatic heterocycles. The summed E-state index contributed by atoms with van der Waals surface area (Å²) < 4.78 is 0. The minimum absolute atomic E-state index is 0.441. The molecule has 3 heteroatoms. The zero-order chi connectivity index (χ0) is 14.1. The predicted octanol–water partition coefficient (Wildman–Crippen LogP) is 3.61. The average molecular weight is 268 g/mol. The number of benzene rings is 1. The van der Waals surface area contributed by atoms with Crippen molar-refractivity contribution in [1.82, 2.24) is 4.98 Å². The van der Waals surface area contributed by atoms with Crippen LogP contribution in [-0.2, 0) is 6.42 Å². The van der Waals surface area contributed by atoms with E-state index >= 15 is 0 Å². The average Bonchev–Trinajstić information content (AvgIpc) is 2.82. The first-order valence-electron chi connectivity index (χ1n) is 7.22. The van der Waals surface area contributed by atoms with Crippen LogP contribution >= 0.6 is 0 Å². The highest BCUT2D eigenvalue weighted by Crippen LogP contribution is 2.37. The molecule has 2 unspecified atom stereocenters. The highest BCUT2D eigenvalue weighted by molar-refractivity contribution is 5.70. The van der Waals surface area contributed by atoms with Crippen LogP contribution in [0.25, 0.3) is 0 Å². The SMILES string of the molecule is CCC(O)c1ccc(N2c3ccccc3CC2C)cn1. The lowest BCUT2D eigenvalue weighted by Crippen LogP contribution is -2.24. The number of aliphatic hydroxyl groups excluding tert-OH is 1. The van der Waals surface area contributed by atoms with E-state index in [-0.39, 0.29) is 0 Å². The lowest BCUT2D eigenvalue weighted by molar-refractivity contribution is 0.169. The summed E-state index contributed by atoms with van der Waals surface area (Å²) in [6.45, 7) is 4.19. The van der Waals surface area contributed by atoms with Gasteiger partial charge in [-0.3, -0.25) is 4.98 Å². The van der Waals surface area contributed by atoms with Gasteiger partial charge in [0.1, 0.15) is 0 Å². The number of nitrogens with zero attached hydrogens (tertiary/aromatic N) is 2. The third kappa shape index (κ3) is 2.18. The topological polar surface area (TPSA) is 36.4 Å². The maximum atomic E-state index is 9.82. The van der Waals surface area contributed by atoms with Crippen LogP contribution in [0.1, 0.15) is 37.6 Å². The van der Waals surface area contributed by atoms with Crippen molar-refractivity contribution >= 4 is 11.4 Å². The molecule has 0 spiro atoms. The summed E-state index contributed by atoms with van der Waals surface area (Å²) in [5, 5.41) is 9.82. The van der Waals surface area contributed by atoms with Crippen molar-refractivity contribution in [3.05, 3.63) is 53.9 Å². The van der Waals surface area contributed by atoms with Crippen LogP contribution < -0.4 is 4.90 Å². The van der Waals surface area contributed by atoms with E-state index in [4.69, 9.17) is 0 Å². The van der Waals surface area contributed by atoms with Crippen LogP contribution in [-0.4, -0.2) is 16.1 Å². The van der Waals surface area contributed by atoms with Crippen molar-refractivity contribution in [3.63, 3.8) is 0 Å². The fraction of sp³-hybridized carbons (Fsp3) is 0.353. The Morgan fingerprint density at radius 3 is 2.80 bits per heavy atom. The Balaban J connectivity index is 1.93. The lowest BCUT2D eigenvalue weighted by Gasteiger charge is -2.25. The van der Waals surface area contributed by atoms with Crippen LogP contribution in [0, 0.1) is 0 Å². The van der Waals surface area contributed by atoms with Crippen LogP contribution in [0.3, 0.4) is 0 Å². The number of aliphatic hydroxyl groups is 1. The summed E-state index contributed by atoms with van der Waals surface area (Å²) >= 11 is 0. The number of aromatic nitrogens is 1. The van der Waals surface area contributed by atoms with Crippen molar-refractivity contribution < 1.29 is 5.11 Å². The molecule has 2 atom stereocenters. The molecule has 1 aliphatic rings. The van der Waals surface area contributed by atoms with Crippen molar-refractivity contribution in [2.24, 2.45) is 0 Å². The van der Waals surface area contributed by atoms with Gasteiger partial charge >= 0.3 is 0 Å². The molecule has 20 heavy (non-hydrogen) atoms. The first-order valence-corrected chi connectivity index (χ1v) is 7.22. The molecule has 3 rings (SSSR count). The minimum Gasteiger partial charge on any atom is -0.387 e. The Labute approximate surface area is 119 Å². The number of hydrogen-bond acceptors (Lipinski definition) is 3. The van der Waals surface area contributed by atoms with Crippen molar-refractivity contribution in [2.45, 2.75) is 38.8 Å². The van der Waals surface area contributed by atoms with E-state index in [1.807, 2.05) is 19.2 Å². The zero-order valence-corrected chi connectivity index (χ0v) is 12.0. The summed E-state index contributed by atoms with van der Waals surface area (Å²) in [5.41, 5.74) is 4.49. The van der Waals surface area contributed by atoms with E-state index < -0.39 is 6.10 Å². The van der Waals surface area contributed by atoms with Crippen molar-refractivity contribution in [3.8, 4) is 0 Å². The molecular formula is C17H20N2O. The van der Waals surface area contributed by atoms with Crippen molar-refractivity contribution in [2.75, 3.05) is 4.90 Å². The smallest absolute Gasteiger partial charge is 0.0957 e. The number of pyridine rings is 1. The second kappa shape index (κ2) is 5.25. The third-order valence-corrected chi connectivity index (χ3v) is 3.98. The molecule has 2 heterocycles. The predicted molar refractivity (Wildman–Crippen MR) is 81.2 cm³/mol. The van der Waals surface area contributed by atoms with Gasteiger partial charge in [0.25, 0.3) is 0 Å². The van der Waals surface area contributed by atoms with Crippen molar-refractivity contribution in [1.29, 1.82) is 0 Å². The summed E-state index contributed by atoms with van der Waals surface area (Å²) in [4.78, 5) is 6.73. The van der Waals surface area contributed by atoms with Gasteiger partial charge < -0.3 is 10.0 Å². The molecule has 0 aliphatic carbocycles. The molecule has 0 bridgehead atoms. The summed E-state index contributed by atoms with van der Waals surface area (Å²) in [6, 6.07) is 12.9. The number of fused-ring (bicyclic) bond motifs is 1. The normalized spacial score (nSPS) is 18.9. The van der Waals surface area contributed by atoms with Gasteiger partial charge in [-0.15, -0.1) is 0 Å². The molecule has 1 aromatic carbocycles. The fourth-order valence-electron chi connectivity index (χ4n) is 2.91. The van der Waals surface area contributed by atoms with Gasteiger partial charge in [-0.25, -0.2) is 0 Å². The van der Waals surface area contributed by atoms with E-state index in [0.29, 0.717) is 12.5 Å². The van der Waals surface area contributed by atoms with E-state index in [9.17, 15) is 5.11 Å². The lowest BCUT2D eigenvalue weighted by atomic mass is 10.1. The first-order chi connectivity index (χ1) is 9.70. The second-order valence-electron chi connectivity index (χ2n) is 5.42. The highest BCUT2D eigenvalue weighted by atomic mass is 16.3. The molecule has 0 fully saturated rings. The van der Waals surface area contributed by atoms with Gasteiger partial charge in [0, 0.05) is 11.7 Å². The summed E-state index contributed by atoms with van der Waals surface area (Å²) in [7, 11) is 0. The third-order valence-electron chi connectivity index (χ3n) is 3.98. The molecule has 0 amide bonds. The monoisotopic (exact) mass is 268 g/mol. The Bertz CT molecular complexity index is 594. The Morgan fingerprint density at radius 1 is 1.30 bits per heavy atom. The molecule has 3 nitrogen and oxygen atoms in total. The fourth-order valence-corrected chi connectivity index (χ4v) is 2.91. The standard InChI is InChI=1S/C17H20N2O/c1-3-17(20)15-9-8-14(11-18-15)19-12(2)10-13-6-4-5-7-16(13)19/h4-9,11-12,17,20H,3,10H2,1-2H3. The number of anilines is 2. The highest BCUT2D eigenvalue weighted by Gasteiger charge is 2.26. The molecule has 0 radical (unpaired) electrons. The molecule has 1 N–H and O–H groups in total. The van der Waals surface area contributed by atoms with E-state index in [1.54, 1.807) is 0 Å². The molecule has 104 valence electrons. The Hall–Kier alpha value is -1.87. The molecular weight excluding hydrogens is 248 g/mol. The van der Waals surface area contributed by atoms with Crippen LogP contribution in [0.4, 0.5) is 11.4 Å². The van der Waals surface area contributed by atoms with Crippen LogP contribution in [0.2, 0.25) is 0 Å². The number of para-hydroxylation sites is 1. The maximum Gasteiger partial charge on any atom is 0.0957 e. The minimum atomic E-state index is -0.465. The van der Waals surface area contributed by atoms with Crippen LogP contribution in [0.5, 0.6) is 0 Å². The van der Waals surface area contributed by atoms with E-state index in [1.165, 1.54) is 11.3 Å². The number of hydrogen-bond donors (Lipinski definition) is 1. The summed E-state index contributed by atoms with van der Waals surface area (Å²) in [5.74, 6) is 0. The maximum absolute atomic E-state index is 9.82. The van der Waals surface area contributed by atoms with E-state index in [2.05, 4.69) is 47.1 Å². The molecule has 2 aromatic rings. The molecule has 0 saturated heterocycles. The summed E-state index contributed by atoms with van der Waals surface area (Å²) in [6.07, 6.45) is 3.16.